The molecular weight excluding hydrogens is 316 g/mol. The maximum atomic E-state index is 11.9. The van der Waals surface area contributed by atoms with Gasteiger partial charge in [0.1, 0.15) is 0 Å². The Morgan fingerprint density at radius 1 is 1.22 bits per heavy atom. The van der Waals surface area contributed by atoms with E-state index in [1.165, 1.54) is 0 Å². The van der Waals surface area contributed by atoms with E-state index in [2.05, 4.69) is 10.3 Å². The lowest BCUT2D eigenvalue weighted by molar-refractivity contribution is 0.0953. The molecule has 2 rings (SSSR count). The van der Waals surface area contributed by atoms with E-state index in [-0.39, 0.29) is 18.3 Å². The van der Waals surface area contributed by atoms with E-state index in [9.17, 15) is 4.79 Å². The highest BCUT2D eigenvalue weighted by atomic mass is 35.5. The van der Waals surface area contributed by atoms with Crippen molar-refractivity contribution >= 4 is 18.3 Å². The number of aryl methyl sites for hydroxylation is 1. The monoisotopic (exact) mass is 336 g/mol. The van der Waals surface area contributed by atoms with Crippen molar-refractivity contribution in [2.75, 3.05) is 20.8 Å². The van der Waals surface area contributed by atoms with Gasteiger partial charge < -0.3 is 14.8 Å². The summed E-state index contributed by atoms with van der Waals surface area (Å²) in [5, 5.41) is 2.89. The molecule has 1 aromatic heterocycles. The molecule has 0 unspecified atom stereocenters. The molecule has 0 spiro atoms. The third-order valence-electron chi connectivity index (χ3n) is 3.45. The first-order chi connectivity index (χ1) is 10.7. The number of halogens is 1. The van der Waals surface area contributed by atoms with Gasteiger partial charge in [0.2, 0.25) is 0 Å². The van der Waals surface area contributed by atoms with Gasteiger partial charge in [0.25, 0.3) is 5.91 Å². The second-order valence-electron chi connectivity index (χ2n) is 4.88. The number of aromatic nitrogens is 1. The van der Waals surface area contributed by atoms with Crippen LogP contribution in [0, 0.1) is 6.92 Å². The first-order valence-electron chi connectivity index (χ1n) is 7.05. The second-order valence-corrected chi connectivity index (χ2v) is 4.88. The second kappa shape index (κ2) is 9.00. The summed E-state index contributed by atoms with van der Waals surface area (Å²) in [4.78, 5) is 15.9. The van der Waals surface area contributed by atoms with Crippen molar-refractivity contribution in [2.24, 2.45) is 0 Å². The molecule has 0 bridgehead atoms. The highest BCUT2D eigenvalue weighted by molar-refractivity contribution is 5.93. The molecule has 0 aliphatic heterocycles. The molecule has 1 heterocycles. The van der Waals surface area contributed by atoms with Crippen LogP contribution in [-0.4, -0.2) is 31.7 Å². The Morgan fingerprint density at radius 3 is 2.52 bits per heavy atom. The summed E-state index contributed by atoms with van der Waals surface area (Å²) in [6.45, 7) is 2.56. The number of rotatable bonds is 6. The Labute approximate surface area is 142 Å². The molecule has 2 aromatic rings. The molecule has 5 nitrogen and oxygen atoms in total. The minimum atomic E-state index is -0.119. The first-order valence-corrected chi connectivity index (χ1v) is 7.05. The number of carbonyl (C=O) groups is 1. The van der Waals surface area contributed by atoms with E-state index in [1.54, 1.807) is 38.7 Å². The van der Waals surface area contributed by atoms with Crippen LogP contribution in [0.3, 0.4) is 0 Å². The van der Waals surface area contributed by atoms with Gasteiger partial charge in [0.15, 0.2) is 11.5 Å². The molecule has 0 saturated heterocycles. The lowest BCUT2D eigenvalue weighted by atomic mass is 10.0. The number of hydrogen-bond donors (Lipinski definition) is 1. The van der Waals surface area contributed by atoms with E-state index in [4.69, 9.17) is 9.47 Å². The van der Waals surface area contributed by atoms with Crippen LogP contribution >= 0.6 is 12.4 Å². The van der Waals surface area contributed by atoms with Gasteiger partial charge in [0.05, 0.1) is 19.8 Å². The van der Waals surface area contributed by atoms with Crippen LogP contribution < -0.4 is 14.8 Å². The Hall–Kier alpha value is -2.27. The molecule has 0 aliphatic rings. The third kappa shape index (κ3) is 4.86. The summed E-state index contributed by atoms with van der Waals surface area (Å²) < 4.78 is 10.6. The molecule has 0 aliphatic carbocycles. The minimum absolute atomic E-state index is 0. The molecule has 1 amide bonds. The van der Waals surface area contributed by atoms with Crippen LogP contribution in [0.15, 0.2) is 36.7 Å². The molecule has 1 N–H and O–H groups in total. The lowest BCUT2D eigenvalue weighted by Gasteiger charge is -2.13. The minimum Gasteiger partial charge on any atom is -0.493 e. The van der Waals surface area contributed by atoms with Gasteiger partial charge in [0, 0.05) is 18.9 Å². The average molecular weight is 337 g/mol. The Kier molecular flexibility index (Phi) is 7.35. The summed E-state index contributed by atoms with van der Waals surface area (Å²) >= 11 is 0. The lowest BCUT2D eigenvalue weighted by Crippen LogP contribution is -2.25. The maximum Gasteiger partial charge on any atom is 0.252 e. The molecular formula is C17H21ClN2O3. The van der Waals surface area contributed by atoms with Crippen LogP contribution in [-0.2, 0) is 6.42 Å². The van der Waals surface area contributed by atoms with Gasteiger partial charge in [-0.05, 0) is 48.7 Å². The molecule has 0 radical (unpaired) electrons. The molecule has 0 saturated carbocycles. The highest BCUT2D eigenvalue weighted by Crippen LogP contribution is 2.30. The normalized spacial score (nSPS) is 9.70. The summed E-state index contributed by atoms with van der Waals surface area (Å²) in [7, 11) is 3.23. The summed E-state index contributed by atoms with van der Waals surface area (Å²) in [6, 6.07) is 7.37. The van der Waals surface area contributed by atoms with Crippen molar-refractivity contribution in [2.45, 2.75) is 13.3 Å². The topological polar surface area (TPSA) is 60.5 Å². The Bertz CT molecular complexity index is 648. The van der Waals surface area contributed by atoms with Crippen LogP contribution in [0.4, 0.5) is 0 Å². The fraction of sp³-hybridized carbons (Fsp3) is 0.294. The molecule has 1 aromatic carbocycles. The number of benzene rings is 1. The predicted molar refractivity (Wildman–Crippen MR) is 91.8 cm³/mol. The number of pyridine rings is 1. The van der Waals surface area contributed by atoms with Crippen molar-refractivity contribution in [1.29, 1.82) is 0 Å². The SMILES string of the molecule is COc1cc(C)c(CCNC(=O)c2cccnc2)cc1OC.Cl. The maximum absolute atomic E-state index is 11.9. The average Bonchev–Trinajstić information content (AvgIpc) is 2.56. The number of carbonyl (C=O) groups excluding carboxylic acids is 1. The van der Waals surface area contributed by atoms with E-state index in [0.29, 0.717) is 23.6 Å². The third-order valence-corrected chi connectivity index (χ3v) is 3.45. The summed E-state index contributed by atoms with van der Waals surface area (Å²) in [6.07, 6.45) is 3.92. The standard InChI is InChI=1S/C17H20N2O3.ClH/c1-12-9-15(21-2)16(22-3)10-13(12)6-8-19-17(20)14-5-4-7-18-11-14;/h4-5,7,9-11H,6,8H2,1-3H3,(H,19,20);1H. The Balaban J connectivity index is 0.00000264. The number of amides is 1. The van der Waals surface area contributed by atoms with Crippen molar-refractivity contribution in [3.63, 3.8) is 0 Å². The highest BCUT2D eigenvalue weighted by Gasteiger charge is 2.09. The zero-order valence-electron chi connectivity index (χ0n) is 13.5. The van der Waals surface area contributed by atoms with Crippen molar-refractivity contribution < 1.29 is 14.3 Å². The van der Waals surface area contributed by atoms with Crippen LogP contribution in [0.5, 0.6) is 11.5 Å². The zero-order valence-corrected chi connectivity index (χ0v) is 14.3. The van der Waals surface area contributed by atoms with Crippen molar-refractivity contribution in [1.82, 2.24) is 10.3 Å². The van der Waals surface area contributed by atoms with E-state index < -0.39 is 0 Å². The molecule has 0 atom stereocenters. The van der Waals surface area contributed by atoms with Crippen molar-refractivity contribution in [3.05, 3.63) is 53.3 Å². The zero-order chi connectivity index (χ0) is 15.9. The Morgan fingerprint density at radius 2 is 1.91 bits per heavy atom. The van der Waals surface area contributed by atoms with E-state index >= 15 is 0 Å². The van der Waals surface area contributed by atoms with Gasteiger partial charge in [-0.3, -0.25) is 9.78 Å². The van der Waals surface area contributed by atoms with Gasteiger partial charge >= 0.3 is 0 Å². The molecule has 23 heavy (non-hydrogen) atoms. The number of hydrogen-bond acceptors (Lipinski definition) is 4. The molecule has 0 fully saturated rings. The van der Waals surface area contributed by atoms with Gasteiger partial charge in [-0.1, -0.05) is 0 Å². The smallest absolute Gasteiger partial charge is 0.252 e. The number of methoxy groups -OCH3 is 2. The number of nitrogens with one attached hydrogen (secondary N) is 1. The van der Waals surface area contributed by atoms with Crippen LogP contribution in [0.25, 0.3) is 0 Å². The quantitative estimate of drug-likeness (QED) is 0.881. The van der Waals surface area contributed by atoms with E-state index in [0.717, 1.165) is 17.5 Å². The van der Waals surface area contributed by atoms with E-state index in [1.807, 2.05) is 19.1 Å². The fourth-order valence-corrected chi connectivity index (χ4v) is 2.20. The molecule has 124 valence electrons. The predicted octanol–water partition coefficient (Wildman–Crippen LogP) is 2.80. The van der Waals surface area contributed by atoms with Crippen LogP contribution in [0.1, 0.15) is 21.5 Å². The van der Waals surface area contributed by atoms with Crippen LogP contribution in [0.2, 0.25) is 0 Å². The first kappa shape index (κ1) is 18.8. The summed E-state index contributed by atoms with van der Waals surface area (Å²) in [5.41, 5.74) is 2.78. The van der Waals surface area contributed by atoms with Crippen molar-refractivity contribution in [3.8, 4) is 11.5 Å². The number of nitrogens with zero attached hydrogens (tertiary/aromatic N) is 1. The summed E-state index contributed by atoms with van der Waals surface area (Å²) in [5.74, 6) is 1.29. The fourth-order valence-electron chi connectivity index (χ4n) is 2.20. The van der Waals surface area contributed by atoms with Gasteiger partial charge in [-0.2, -0.15) is 0 Å². The van der Waals surface area contributed by atoms with Gasteiger partial charge in [-0.15, -0.1) is 12.4 Å². The number of ether oxygens (including phenoxy) is 2. The molecule has 6 heteroatoms. The largest absolute Gasteiger partial charge is 0.493 e. The van der Waals surface area contributed by atoms with Gasteiger partial charge in [-0.25, -0.2) is 0 Å².